The summed E-state index contributed by atoms with van der Waals surface area (Å²) in [5, 5.41) is 10.4. The number of nitrogens with zero attached hydrogens (tertiary/aromatic N) is 1. The second-order valence-electron chi connectivity index (χ2n) is 4.26. The minimum Gasteiger partial charge on any atom is -0.315 e. The molecule has 0 unspecified atom stereocenters. The highest BCUT2D eigenvalue weighted by Crippen LogP contribution is 1.86. The van der Waals surface area contributed by atoms with Crippen LogP contribution in [0, 0.1) is 0 Å². The van der Waals surface area contributed by atoms with E-state index in [4.69, 9.17) is 0 Å². The zero-order valence-electron chi connectivity index (χ0n) is 10.0. The van der Waals surface area contributed by atoms with E-state index in [1.165, 1.54) is 19.4 Å². The molecule has 90 valence electrons. The standard InChI is InChI=1S/C11H26N4/c1-15-10-3-6-13-8-7-12-4-2-5-14-9-11-15/h12-14H,2-11H2,1H3. The molecule has 1 rings (SSSR count). The molecule has 3 N–H and O–H groups in total. The van der Waals surface area contributed by atoms with Crippen LogP contribution in [0.1, 0.15) is 12.8 Å². The van der Waals surface area contributed by atoms with Gasteiger partial charge in [-0.3, -0.25) is 0 Å². The Labute approximate surface area is 93.8 Å². The van der Waals surface area contributed by atoms with Crippen LogP contribution in [0.25, 0.3) is 0 Å². The van der Waals surface area contributed by atoms with Crippen molar-refractivity contribution >= 4 is 0 Å². The molecule has 1 fully saturated rings. The lowest BCUT2D eigenvalue weighted by Crippen LogP contribution is -2.35. The molecule has 1 aliphatic rings. The number of rotatable bonds is 0. The van der Waals surface area contributed by atoms with Crippen LogP contribution in [0.15, 0.2) is 0 Å². The van der Waals surface area contributed by atoms with Gasteiger partial charge in [-0.15, -0.1) is 0 Å². The van der Waals surface area contributed by atoms with Gasteiger partial charge in [0.25, 0.3) is 0 Å². The molecule has 0 aromatic heterocycles. The molecule has 0 bridgehead atoms. The second kappa shape index (κ2) is 9.09. The van der Waals surface area contributed by atoms with Crippen molar-refractivity contribution in [3.8, 4) is 0 Å². The molecule has 0 aromatic carbocycles. The van der Waals surface area contributed by atoms with Gasteiger partial charge in [-0.05, 0) is 46.1 Å². The molecular formula is C11H26N4. The third-order valence-corrected chi connectivity index (χ3v) is 2.75. The first-order valence-corrected chi connectivity index (χ1v) is 6.20. The highest BCUT2D eigenvalue weighted by molar-refractivity contribution is 4.60. The van der Waals surface area contributed by atoms with Crippen molar-refractivity contribution in [2.24, 2.45) is 0 Å². The lowest BCUT2D eigenvalue weighted by atomic mass is 10.3. The molecular weight excluding hydrogens is 188 g/mol. The molecule has 15 heavy (non-hydrogen) atoms. The van der Waals surface area contributed by atoms with Crippen molar-refractivity contribution in [1.29, 1.82) is 0 Å². The van der Waals surface area contributed by atoms with Gasteiger partial charge in [0, 0.05) is 26.2 Å². The normalized spacial score (nSPS) is 24.6. The Morgan fingerprint density at radius 3 is 2.00 bits per heavy atom. The van der Waals surface area contributed by atoms with Crippen molar-refractivity contribution in [3.05, 3.63) is 0 Å². The molecule has 1 aliphatic heterocycles. The summed E-state index contributed by atoms with van der Waals surface area (Å²) >= 11 is 0. The average molecular weight is 214 g/mol. The zero-order chi connectivity index (χ0) is 10.8. The molecule has 1 saturated heterocycles. The predicted molar refractivity (Wildman–Crippen MR) is 65.3 cm³/mol. The van der Waals surface area contributed by atoms with E-state index in [0.29, 0.717) is 0 Å². The number of hydrogen-bond donors (Lipinski definition) is 3. The van der Waals surface area contributed by atoms with Gasteiger partial charge in [-0.25, -0.2) is 0 Å². The maximum absolute atomic E-state index is 3.47. The molecule has 0 radical (unpaired) electrons. The van der Waals surface area contributed by atoms with Crippen LogP contribution >= 0.6 is 0 Å². The monoisotopic (exact) mass is 214 g/mol. The zero-order valence-corrected chi connectivity index (χ0v) is 10.0. The highest BCUT2D eigenvalue weighted by atomic mass is 15.1. The SMILES string of the molecule is CN1CCCNCCNCCCNCC1. The Kier molecular flexibility index (Phi) is 7.83. The van der Waals surface area contributed by atoms with Crippen LogP contribution in [0.3, 0.4) is 0 Å². The van der Waals surface area contributed by atoms with E-state index in [1.807, 2.05) is 0 Å². The predicted octanol–water partition coefficient (Wildman–Crippen LogP) is -0.519. The van der Waals surface area contributed by atoms with E-state index in [-0.39, 0.29) is 0 Å². The van der Waals surface area contributed by atoms with Crippen LogP contribution < -0.4 is 16.0 Å². The Hall–Kier alpha value is -0.160. The van der Waals surface area contributed by atoms with E-state index < -0.39 is 0 Å². The largest absolute Gasteiger partial charge is 0.315 e. The molecule has 0 saturated carbocycles. The third kappa shape index (κ3) is 7.73. The molecule has 0 aromatic rings. The third-order valence-electron chi connectivity index (χ3n) is 2.75. The lowest BCUT2D eigenvalue weighted by Gasteiger charge is -2.17. The Morgan fingerprint density at radius 1 is 0.667 bits per heavy atom. The summed E-state index contributed by atoms with van der Waals surface area (Å²) < 4.78 is 0. The minimum atomic E-state index is 1.09. The van der Waals surface area contributed by atoms with Gasteiger partial charge in [0.05, 0.1) is 0 Å². The molecule has 0 amide bonds. The van der Waals surface area contributed by atoms with E-state index in [9.17, 15) is 0 Å². The molecule has 0 aliphatic carbocycles. The topological polar surface area (TPSA) is 39.3 Å². The molecule has 4 heteroatoms. The Balaban J connectivity index is 2.10. The summed E-state index contributed by atoms with van der Waals surface area (Å²) in [7, 11) is 2.20. The van der Waals surface area contributed by atoms with Crippen molar-refractivity contribution in [2.45, 2.75) is 12.8 Å². The summed E-state index contributed by atoms with van der Waals surface area (Å²) in [4.78, 5) is 2.40. The fourth-order valence-corrected chi connectivity index (χ4v) is 1.75. The number of likely N-dealkylation sites (N-methyl/N-ethyl adjacent to an activating group) is 1. The van der Waals surface area contributed by atoms with Gasteiger partial charge < -0.3 is 20.9 Å². The van der Waals surface area contributed by atoms with Crippen LogP contribution in [0.2, 0.25) is 0 Å². The second-order valence-corrected chi connectivity index (χ2v) is 4.26. The molecule has 0 spiro atoms. The van der Waals surface area contributed by atoms with Crippen LogP contribution in [-0.2, 0) is 0 Å². The summed E-state index contributed by atoms with van der Waals surface area (Å²) in [6.45, 7) is 9.06. The van der Waals surface area contributed by atoms with Crippen molar-refractivity contribution in [1.82, 2.24) is 20.9 Å². The fourth-order valence-electron chi connectivity index (χ4n) is 1.75. The Bertz CT molecular complexity index is 127. The van der Waals surface area contributed by atoms with Gasteiger partial charge in [-0.1, -0.05) is 0 Å². The van der Waals surface area contributed by atoms with Crippen molar-refractivity contribution in [3.63, 3.8) is 0 Å². The van der Waals surface area contributed by atoms with Gasteiger partial charge in [-0.2, -0.15) is 0 Å². The van der Waals surface area contributed by atoms with Gasteiger partial charge >= 0.3 is 0 Å². The van der Waals surface area contributed by atoms with Crippen LogP contribution in [-0.4, -0.2) is 64.3 Å². The summed E-state index contributed by atoms with van der Waals surface area (Å²) in [6, 6.07) is 0. The average Bonchev–Trinajstić information content (AvgIpc) is 2.24. The maximum Gasteiger partial charge on any atom is 0.0104 e. The first kappa shape index (κ1) is 12.9. The van der Waals surface area contributed by atoms with Crippen LogP contribution in [0.4, 0.5) is 0 Å². The van der Waals surface area contributed by atoms with Gasteiger partial charge in [0.15, 0.2) is 0 Å². The molecule has 4 nitrogen and oxygen atoms in total. The van der Waals surface area contributed by atoms with Gasteiger partial charge in [0.2, 0.25) is 0 Å². The van der Waals surface area contributed by atoms with E-state index >= 15 is 0 Å². The van der Waals surface area contributed by atoms with E-state index in [2.05, 4.69) is 27.9 Å². The van der Waals surface area contributed by atoms with Crippen molar-refractivity contribution < 1.29 is 0 Å². The molecule has 0 atom stereocenters. The minimum absolute atomic E-state index is 1.09. The Morgan fingerprint density at radius 2 is 1.27 bits per heavy atom. The highest BCUT2D eigenvalue weighted by Gasteiger charge is 1.98. The first-order valence-electron chi connectivity index (χ1n) is 6.20. The van der Waals surface area contributed by atoms with E-state index in [0.717, 1.165) is 45.8 Å². The number of hydrogen-bond acceptors (Lipinski definition) is 4. The molecule has 1 heterocycles. The quantitative estimate of drug-likeness (QED) is 0.507. The summed E-state index contributed by atoms with van der Waals surface area (Å²) in [5.74, 6) is 0. The number of nitrogens with one attached hydrogen (secondary N) is 3. The smallest absolute Gasteiger partial charge is 0.0104 e. The van der Waals surface area contributed by atoms with Crippen molar-refractivity contribution in [2.75, 3.05) is 59.4 Å². The first-order chi connectivity index (χ1) is 7.39. The fraction of sp³-hybridized carbons (Fsp3) is 1.00. The van der Waals surface area contributed by atoms with Gasteiger partial charge in [0.1, 0.15) is 0 Å². The van der Waals surface area contributed by atoms with E-state index in [1.54, 1.807) is 0 Å². The summed E-state index contributed by atoms with van der Waals surface area (Å²) in [5.41, 5.74) is 0. The van der Waals surface area contributed by atoms with Crippen LogP contribution in [0.5, 0.6) is 0 Å². The lowest BCUT2D eigenvalue weighted by molar-refractivity contribution is 0.323. The summed E-state index contributed by atoms with van der Waals surface area (Å²) in [6.07, 6.45) is 2.47. The maximum atomic E-state index is 3.47.